The Hall–Kier alpha value is -4.67. The number of benzene rings is 2. The number of aromatic nitrogens is 4. The van der Waals surface area contributed by atoms with Crippen molar-refractivity contribution in [1.29, 1.82) is 0 Å². The van der Waals surface area contributed by atoms with Crippen LogP contribution in [0.2, 0.25) is 0 Å². The summed E-state index contributed by atoms with van der Waals surface area (Å²) in [6, 6.07) is 11.8. The van der Waals surface area contributed by atoms with Gasteiger partial charge in [-0.05, 0) is 50.1 Å². The molecule has 1 aliphatic rings. The Morgan fingerprint density at radius 1 is 1.14 bits per heavy atom. The maximum Gasteiger partial charge on any atom is 0.435 e. The summed E-state index contributed by atoms with van der Waals surface area (Å²) in [5, 5.41) is 6.08. The molecule has 3 heterocycles. The van der Waals surface area contributed by atoms with E-state index in [0.717, 1.165) is 26.3 Å². The van der Waals surface area contributed by atoms with E-state index in [1.54, 1.807) is 31.2 Å². The summed E-state index contributed by atoms with van der Waals surface area (Å²) >= 11 is 0. The molecular weight excluding hydrogens is 609 g/mol. The first-order valence-electron chi connectivity index (χ1n) is 13.6. The Balaban J connectivity index is 1.30. The van der Waals surface area contributed by atoms with Gasteiger partial charge < -0.3 is 9.57 Å². The number of alkyl halides is 3. The van der Waals surface area contributed by atoms with Gasteiger partial charge in [0.2, 0.25) is 0 Å². The molecule has 236 valence electrons. The highest BCUT2D eigenvalue weighted by atomic mass is 32.2. The number of hydrogen-bond acceptors (Lipinski definition) is 9. The van der Waals surface area contributed by atoms with Crippen LogP contribution in [-0.2, 0) is 30.5 Å². The molecular formula is C27H29F3N6O7S. The molecule has 2 atom stereocenters. The molecule has 2 aromatic heterocycles. The Bertz CT molecular complexity index is 1740. The van der Waals surface area contributed by atoms with Gasteiger partial charge in [0.25, 0.3) is 22.2 Å². The fraction of sp³-hybridized carbons (Fsp3) is 0.370. The van der Waals surface area contributed by atoms with Crippen molar-refractivity contribution in [2.45, 2.75) is 63.4 Å². The normalized spacial score (nSPS) is 16.2. The highest BCUT2D eigenvalue weighted by molar-refractivity contribution is 7.90. The van der Waals surface area contributed by atoms with Crippen molar-refractivity contribution in [1.82, 2.24) is 24.5 Å². The average Bonchev–Trinajstić information content (AvgIpc) is 3.34. The first-order chi connectivity index (χ1) is 20.8. The van der Waals surface area contributed by atoms with Gasteiger partial charge in [-0.15, -0.1) is 0 Å². The third-order valence-corrected chi connectivity index (χ3v) is 8.17. The second kappa shape index (κ2) is 11.8. The Kier molecular flexibility index (Phi) is 8.24. The number of halogens is 3. The lowest BCUT2D eigenvalue weighted by molar-refractivity contribution is -0.181. The lowest BCUT2D eigenvalue weighted by Gasteiger charge is -2.19. The molecule has 0 saturated carbocycles. The van der Waals surface area contributed by atoms with Gasteiger partial charge in [0.05, 0.1) is 21.2 Å². The maximum absolute atomic E-state index is 13.5. The zero-order valence-corrected chi connectivity index (χ0v) is 24.6. The summed E-state index contributed by atoms with van der Waals surface area (Å²) in [7, 11) is -4.36. The molecule has 1 aliphatic heterocycles. The van der Waals surface area contributed by atoms with E-state index >= 15 is 0 Å². The summed E-state index contributed by atoms with van der Waals surface area (Å²) in [4.78, 5) is 30.6. The van der Waals surface area contributed by atoms with Gasteiger partial charge in [0.1, 0.15) is 11.1 Å². The molecule has 1 saturated heterocycles. The number of nitrogens with zero attached hydrogens (tertiary/aromatic N) is 5. The summed E-state index contributed by atoms with van der Waals surface area (Å²) in [5.41, 5.74) is 0.648. The lowest BCUT2D eigenvalue weighted by atomic mass is 10.1. The highest BCUT2D eigenvalue weighted by Gasteiger charge is 2.39. The molecule has 13 nitrogen and oxygen atoms in total. The van der Waals surface area contributed by atoms with Crippen LogP contribution in [0.3, 0.4) is 0 Å². The maximum atomic E-state index is 13.5. The van der Waals surface area contributed by atoms with Gasteiger partial charge in [0, 0.05) is 25.5 Å². The van der Waals surface area contributed by atoms with Crippen LogP contribution in [0.4, 0.5) is 13.2 Å². The number of hydrogen-bond donors (Lipinski definition) is 1. The van der Waals surface area contributed by atoms with Crippen LogP contribution in [0.1, 0.15) is 44.4 Å². The number of aryl methyl sites for hydroxylation is 1. The molecule has 0 bridgehead atoms. The fourth-order valence-corrected chi connectivity index (χ4v) is 5.57. The molecule has 17 heteroatoms. The van der Waals surface area contributed by atoms with E-state index in [0.29, 0.717) is 24.9 Å². The third-order valence-electron chi connectivity index (χ3n) is 6.80. The van der Waals surface area contributed by atoms with Crippen LogP contribution in [0.5, 0.6) is 0 Å². The van der Waals surface area contributed by atoms with Crippen LogP contribution in [0.15, 0.2) is 64.1 Å². The minimum absolute atomic E-state index is 0.153. The van der Waals surface area contributed by atoms with Gasteiger partial charge in [-0.3, -0.25) is 9.59 Å². The number of nitrogens with one attached hydrogen (secondary N) is 1. The number of carbonyl (C=O) groups excluding carboxylic acids is 2. The molecule has 5 rings (SSSR count). The van der Waals surface area contributed by atoms with Crippen molar-refractivity contribution in [2.24, 2.45) is 0 Å². The van der Waals surface area contributed by atoms with E-state index < -0.39 is 46.1 Å². The first kappa shape index (κ1) is 30.8. The molecule has 1 fully saturated rings. The summed E-state index contributed by atoms with van der Waals surface area (Å²) in [5.74, 6) is -1.30. The van der Waals surface area contributed by atoms with Gasteiger partial charge in [-0.25, -0.2) is 22.8 Å². The minimum atomic E-state index is -4.70. The van der Waals surface area contributed by atoms with Crippen LogP contribution in [0.25, 0.3) is 16.9 Å². The van der Waals surface area contributed by atoms with Crippen molar-refractivity contribution >= 4 is 21.9 Å². The zero-order valence-electron chi connectivity index (χ0n) is 23.8. The summed E-state index contributed by atoms with van der Waals surface area (Å²) in [6.45, 7) is 5.30. The summed E-state index contributed by atoms with van der Waals surface area (Å²) < 4.78 is 80.1. The molecule has 4 aromatic rings. The number of esters is 1. The smallest absolute Gasteiger partial charge is 0.423 e. The van der Waals surface area contributed by atoms with Crippen LogP contribution in [-0.4, -0.2) is 58.9 Å². The van der Waals surface area contributed by atoms with Crippen molar-refractivity contribution in [3.8, 4) is 16.9 Å². The molecule has 0 aliphatic carbocycles. The molecule has 0 spiro atoms. The van der Waals surface area contributed by atoms with E-state index in [1.807, 2.05) is 6.92 Å². The van der Waals surface area contributed by atoms with Crippen LogP contribution >= 0.6 is 0 Å². The number of rotatable bonds is 10. The van der Waals surface area contributed by atoms with Gasteiger partial charge >= 0.3 is 12.1 Å². The van der Waals surface area contributed by atoms with Crippen LogP contribution in [0, 0.1) is 6.92 Å². The second-order valence-corrected chi connectivity index (χ2v) is 11.7. The summed E-state index contributed by atoms with van der Waals surface area (Å²) in [6.07, 6.45) is -4.65. The van der Waals surface area contributed by atoms with E-state index in [9.17, 15) is 31.2 Å². The molecule has 0 radical (unpaired) electrons. The highest BCUT2D eigenvalue weighted by Crippen LogP contribution is 2.33. The predicted molar refractivity (Wildman–Crippen MR) is 147 cm³/mol. The minimum Gasteiger partial charge on any atom is -0.423 e. The largest absolute Gasteiger partial charge is 0.435 e. The quantitative estimate of drug-likeness (QED) is 0.204. The van der Waals surface area contributed by atoms with Crippen molar-refractivity contribution in [2.75, 3.05) is 11.6 Å². The average molecular weight is 639 g/mol. The Morgan fingerprint density at radius 3 is 2.45 bits per heavy atom. The third kappa shape index (κ3) is 6.61. The topological polar surface area (TPSA) is 143 Å². The first-order valence-corrected chi connectivity index (χ1v) is 15.1. The van der Waals surface area contributed by atoms with E-state index in [-0.39, 0.29) is 22.7 Å². The molecule has 1 N–H and O–H groups in total. The molecule has 1 unspecified atom stereocenters. The number of ether oxygens (including phenoxy) is 1. The SMILES string of the molecule is CCC(=O)OC(C)On1on1N1CCC[C@H]1C(=O)NS(=O)(=O)c1ccc(-n2nc(C(F)(F)F)cc2-c2ccc(C)cc2)cc1. The second-order valence-electron chi connectivity index (χ2n) is 10.1. The zero-order chi connectivity index (χ0) is 31.8. The van der Waals surface area contributed by atoms with Crippen LogP contribution < -0.4 is 14.6 Å². The standard InChI is InChI=1S/C27H29F3N6O7S/c1-4-25(37)41-18(3)42-36-35(43-36)33-15-5-6-22(33)26(38)32-44(39,40)21-13-11-20(12-14-21)34-23(16-24(31-34)27(28,29)30)19-9-7-17(2)8-10-19/h7-14,16,18,22H,4-6,15H2,1-3H3,(H,32,38)/t18?,22-,35?,36?/m0/s1. The lowest BCUT2D eigenvalue weighted by Crippen LogP contribution is -2.49. The van der Waals surface area contributed by atoms with Crippen molar-refractivity contribution < 1.29 is 45.4 Å². The monoisotopic (exact) mass is 638 g/mol. The number of amides is 1. The fourth-order valence-electron chi connectivity index (χ4n) is 4.56. The van der Waals surface area contributed by atoms with Crippen molar-refractivity contribution in [3.05, 3.63) is 65.9 Å². The van der Waals surface area contributed by atoms with Crippen molar-refractivity contribution in [3.63, 3.8) is 0 Å². The number of sulfonamides is 1. The van der Waals surface area contributed by atoms with Gasteiger partial charge in [0.15, 0.2) is 5.69 Å². The molecule has 1 amide bonds. The molecule has 2 aromatic carbocycles. The Labute approximate surface area is 249 Å². The van der Waals surface area contributed by atoms with E-state index in [1.165, 1.54) is 36.2 Å². The molecule has 44 heavy (non-hydrogen) atoms. The van der Waals surface area contributed by atoms with E-state index in [4.69, 9.17) is 14.2 Å². The van der Waals surface area contributed by atoms with Gasteiger partial charge in [-0.2, -0.15) is 22.9 Å². The predicted octanol–water partition coefficient (Wildman–Crippen LogP) is 3.40. The Morgan fingerprint density at radius 2 is 1.82 bits per heavy atom. The van der Waals surface area contributed by atoms with E-state index in [2.05, 4.69) is 9.82 Å². The number of carbonyl (C=O) groups is 2. The van der Waals surface area contributed by atoms with Gasteiger partial charge in [-0.1, -0.05) is 36.8 Å².